The van der Waals surface area contributed by atoms with Gasteiger partial charge in [0, 0.05) is 37.9 Å². The van der Waals surface area contributed by atoms with Crippen molar-refractivity contribution in [3.05, 3.63) is 30.1 Å². The Morgan fingerprint density at radius 3 is 2.25 bits per heavy atom. The smallest absolute Gasteiger partial charge is 0.151 e. The van der Waals surface area contributed by atoms with E-state index in [-0.39, 0.29) is 11.9 Å². The van der Waals surface area contributed by atoms with Crippen LogP contribution in [0.1, 0.15) is 6.42 Å². The molecular weight excluding hydrogens is 279 g/mol. The normalized spacial score (nSPS) is 26.9. The van der Waals surface area contributed by atoms with Crippen molar-refractivity contribution in [3.63, 3.8) is 0 Å². The highest BCUT2D eigenvalue weighted by Crippen LogP contribution is 2.22. The van der Waals surface area contributed by atoms with E-state index in [1.807, 2.05) is 0 Å². The second kappa shape index (κ2) is 5.33. The molecule has 0 aromatic heterocycles. The Balaban J connectivity index is 1.58. The van der Waals surface area contributed by atoms with Gasteiger partial charge in [0.15, 0.2) is 9.84 Å². The third-order valence-electron chi connectivity index (χ3n) is 4.23. The van der Waals surface area contributed by atoms with E-state index in [0.29, 0.717) is 11.5 Å². The van der Waals surface area contributed by atoms with Crippen LogP contribution >= 0.6 is 0 Å². The largest absolute Gasteiger partial charge is 0.369 e. The molecule has 0 radical (unpaired) electrons. The lowest BCUT2D eigenvalue weighted by Crippen LogP contribution is -2.50. The number of hydrogen-bond donors (Lipinski definition) is 0. The van der Waals surface area contributed by atoms with Crippen LogP contribution in [0.3, 0.4) is 0 Å². The summed E-state index contributed by atoms with van der Waals surface area (Å²) in [6, 6.07) is 6.74. The van der Waals surface area contributed by atoms with Crippen LogP contribution in [-0.2, 0) is 9.84 Å². The molecule has 0 aliphatic carbocycles. The zero-order valence-corrected chi connectivity index (χ0v) is 12.2. The van der Waals surface area contributed by atoms with Gasteiger partial charge in [-0.15, -0.1) is 0 Å². The van der Waals surface area contributed by atoms with Crippen LogP contribution in [0.2, 0.25) is 0 Å². The van der Waals surface area contributed by atoms with Crippen molar-refractivity contribution in [2.75, 3.05) is 42.6 Å². The molecular formula is C14H19FN2O2S. The third-order valence-corrected chi connectivity index (χ3v) is 5.98. The molecule has 2 saturated heterocycles. The lowest BCUT2D eigenvalue weighted by molar-refractivity contribution is 0.200. The van der Waals surface area contributed by atoms with Crippen molar-refractivity contribution < 1.29 is 12.8 Å². The summed E-state index contributed by atoms with van der Waals surface area (Å²) in [6.07, 6.45) is 0.763. The van der Waals surface area contributed by atoms with Crippen LogP contribution < -0.4 is 4.90 Å². The molecule has 2 fully saturated rings. The van der Waals surface area contributed by atoms with Crippen LogP contribution in [0.25, 0.3) is 0 Å². The van der Waals surface area contributed by atoms with Gasteiger partial charge in [0.25, 0.3) is 0 Å². The van der Waals surface area contributed by atoms with Crippen molar-refractivity contribution in [2.45, 2.75) is 12.5 Å². The van der Waals surface area contributed by atoms with Crippen molar-refractivity contribution >= 4 is 15.5 Å². The summed E-state index contributed by atoms with van der Waals surface area (Å²) < 4.78 is 36.0. The van der Waals surface area contributed by atoms with Gasteiger partial charge in [-0.05, 0) is 30.7 Å². The summed E-state index contributed by atoms with van der Waals surface area (Å²) in [7, 11) is -2.81. The van der Waals surface area contributed by atoms with Crippen LogP contribution in [0, 0.1) is 5.82 Å². The third kappa shape index (κ3) is 2.96. The van der Waals surface area contributed by atoms with Gasteiger partial charge in [-0.1, -0.05) is 0 Å². The van der Waals surface area contributed by atoms with E-state index in [1.54, 1.807) is 12.1 Å². The fourth-order valence-corrected chi connectivity index (χ4v) is 4.82. The average molecular weight is 298 g/mol. The Hall–Kier alpha value is -1.14. The Morgan fingerprint density at radius 1 is 1.05 bits per heavy atom. The maximum atomic E-state index is 12.9. The van der Waals surface area contributed by atoms with Gasteiger partial charge in [-0.2, -0.15) is 0 Å². The lowest BCUT2D eigenvalue weighted by Gasteiger charge is -2.38. The minimum atomic E-state index is -2.81. The first-order valence-corrected chi connectivity index (χ1v) is 8.81. The molecule has 2 aliphatic rings. The van der Waals surface area contributed by atoms with Crippen LogP contribution in [0.15, 0.2) is 24.3 Å². The number of sulfone groups is 1. The standard InChI is InChI=1S/C14H19FN2O2S/c15-12-1-3-13(4-2-12)16-6-8-17(9-7-16)14-5-10-20(18,19)11-14/h1-4,14H,5-11H2/t14-/m0/s1. The van der Waals surface area contributed by atoms with Crippen molar-refractivity contribution in [1.82, 2.24) is 4.90 Å². The molecule has 0 amide bonds. The van der Waals surface area contributed by atoms with Gasteiger partial charge in [0.05, 0.1) is 11.5 Å². The summed E-state index contributed by atoms with van der Waals surface area (Å²) >= 11 is 0. The summed E-state index contributed by atoms with van der Waals surface area (Å²) in [5.41, 5.74) is 1.03. The first-order valence-electron chi connectivity index (χ1n) is 6.98. The predicted molar refractivity (Wildman–Crippen MR) is 77.2 cm³/mol. The molecule has 0 bridgehead atoms. The van der Waals surface area contributed by atoms with Crippen molar-refractivity contribution in [1.29, 1.82) is 0 Å². The summed E-state index contributed by atoms with van der Waals surface area (Å²) in [5, 5.41) is 0. The minimum Gasteiger partial charge on any atom is -0.369 e. The molecule has 2 aliphatic heterocycles. The van der Waals surface area contributed by atoms with Gasteiger partial charge >= 0.3 is 0 Å². The van der Waals surface area contributed by atoms with Crippen LogP contribution in [-0.4, -0.2) is 57.0 Å². The molecule has 3 rings (SSSR count). The highest BCUT2D eigenvalue weighted by Gasteiger charge is 2.33. The van der Waals surface area contributed by atoms with E-state index in [9.17, 15) is 12.8 Å². The lowest BCUT2D eigenvalue weighted by atomic mass is 10.1. The predicted octanol–water partition coefficient (Wildman–Crippen LogP) is 1.13. The van der Waals surface area contributed by atoms with Crippen LogP contribution in [0.5, 0.6) is 0 Å². The fraction of sp³-hybridized carbons (Fsp3) is 0.571. The molecule has 110 valence electrons. The number of nitrogens with zero attached hydrogens (tertiary/aromatic N) is 2. The number of anilines is 1. The molecule has 20 heavy (non-hydrogen) atoms. The highest BCUT2D eigenvalue weighted by molar-refractivity contribution is 7.91. The summed E-state index contributed by atoms with van der Waals surface area (Å²) in [4.78, 5) is 4.50. The quantitative estimate of drug-likeness (QED) is 0.821. The van der Waals surface area contributed by atoms with Gasteiger partial charge in [-0.3, -0.25) is 4.90 Å². The molecule has 1 aromatic carbocycles. The summed E-state index contributed by atoms with van der Waals surface area (Å²) in [5.74, 6) is 0.419. The van der Waals surface area contributed by atoms with E-state index < -0.39 is 9.84 Å². The van der Waals surface area contributed by atoms with E-state index >= 15 is 0 Å². The molecule has 2 heterocycles. The molecule has 1 aromatic rings. The first kappa shape index (κ1) is 13.8. The first-order chi connectivity index (χ1) is 9.53. The fourth-order valence-electron chi connectivity index (χ4n) is 3.06. The molecule has 4 nitrogen and oxygen atoms in total. The molecule has 6 heteroatoms. The molecule has 1 atom stereocenters. The number of hydrogen-bond acceptors (Lipinski definition) is 4. The second-order valence-electron chi connectivity index (χ2n) is 5.56. The highest BCUT2D eigenvalue weighted by atomic mass is 32.2. The molecule has 0 spiro atoms. The van der Waals surface area contributed by atoms with Gasteiger partial charge in [-0.25, -0.2) is 12.8 Å². The van der Waals surface area contributed by atoms with E-state index in [4.69, 9.17) is 0 Å². The van der Waals surface area contributed by atoms with Gasteiger partial charge in [0.1, 0.15) is 5.82 Å². The Kier molecular flexibility index (Phi) is 3.69. The Bertz CT molecular complexity index is 565. The van der Waals surface area contributed by atoms with Crippen LogP contribution in [0.4, 0.5) is 10.1 Å². The summed E-state index contributed by atoms with van der Waals surface area (Å²) in [6.45, 7) is 3.47. The van der Waals surface area contributed by atoms with Crippen molar-refractivity contribution in [2.24, 2.45) is 0 Å². The molecule has 0 saturated carbocycles. The Labute approximate surface area is 119 Å². The maximum Gasteiger partial charge on any atom is 0.151 e. The SMILES string of the molecule is O=S1(=O)CC[C@H](N2CCN(c3ccc(F)cc3)CC2)C1. The van der Waals surface area contributed by atoms with Crippen molar-refractivity contribution in [3.8, 4) is 0 Å². The maximum absolute atomic E-state index is 12.9. The van der Waals surface area contributed by atoms with Gasteiger partial charge < -0.3 is 4.90 Å². The van der Waals surface area contributed by atoms with Gasteiger partial charge in [0.2, 0.25) is 0 Å². The minimum absolute atomic E-state index is 0.190. The van der Waals surface area contributed by atoms with E-state index in [2.05, 4.69) is 9.80 Å². The number of benzene rings is 1. The second-order valence-corrected chi connectivity index (χ2v) is 7.79. The number of halogens is 1. The average Bonchev–Trinajstić information content (AvgIpc) is 2.80. The topological polar surface area (TPSA) is 40.6 Å². The number of rotatable bonds is 2. The van der Waals surface area contributed by atoms with E-state index in [0.717, 1.165) is 38.3 Å². The van der Waals surface area contributed by atoms with E-state index in [1.165, 1.54) is 12.1 Å². The Morgan fingerprint density at radius 2 is 1.70 bits per heavy atom. The zero-order chi connectivity index (χ0) is 14.2. The molecule has 0 N–H and O–H groups in total. The monoisotopic (exact) mass is 298 g/mol. The molecule has 0 unspecified atom stereocenters. The zero-order valence-electron chi connectivity index (χ0n) is 11.3. The number of piperazine rings is 1.